The number of halogens is 1. The standard InChI is InChI=1S/C9H11FN2O/c1-6-4-3-5-7(10)8(6)9(13)12-11-2/h3-5,11H,1-2H3,(H,12,13). The summed E-state index contributed by atoms with van der Waals surface area (Å²) in [6.07, 6.45) is 0. The van der Waals surface area contributed by atoms with Crippen molar-refractivity contribution in [3.05, 3.63) is 35.1 Å². The Hall–Kier alpha value is -1.42. The molecule has 4 heteroatoms. The van der Waals surface area contributed by atoms with E-state index >= 15 is 0 Å². The second-order valence-corrected chi connectivity index (χ2v) is 2.64. The molecular formula is C9H11FN2O. The number of carbonyl (C=O) groups is 1. The van der Waals surface area contributed by atoms with Crippen LogP contribution < -0.4 is 10.9 Å². The Morgan fingerprint density at radius 1 is 1.46 bits per heavy atom. The van der Waals surface area contributed by atoms with E-state index in [0.29, 0.717) is 5.56 Å². The van der Waals surface area contributed by atoms with Gasteiger partial charge in [0.15, 0.2) is 0 Å². The molecule has 0 bridgehead atoms. The fraction of sp³-hybridized carbons (Fsp3) is 0.222. The van der Waals surface area contributed by atoms with Gasteiger partial charge in [-0.05, 0) is 18.6 Å². The second-order valence-electron chi connectivity index (χ2n) is 2.64. The summed E-state index contributed by atoms with van der Waals surface area (Å²) in [5.41, 5.74) is 5.47. The fourth-order valence-electron chi connectivity index (χ4n) is 1.10. The zero-order valence-corrected chi connectivity index (χ0v) is 7.52. The van der Waals surface area contributed by atoms with E-state index in [1.54, 1.807) is 26.1 Å². The lowest BCUT2D eigenvalue weighted by Gasteiger charge is -2.06. The van der Waals surface area contributed by atoms with Crippen LogP contribution >= 0.6 is 0 Å². The lowest BCUT2D eigenvalue weighted by Crippen LogP contribution is -2.35. The number of rotatable bonds is 2. The molecule has 0 atom stereocenters. The number of carbonyl (C=O) groups excluding carboxylic acids is 1. The van der Waals surface area contributed by atoms with Gasteiger partial charge in [-0.1, -0.05) is 12.1 Å². The summed E-state index contributed by atoms with van der Waals surface area (Å²) in [6, 6.07) is 4.52. The number of amides is 1. The highest BCUT2D eigenvalue weighted by Gasteiger charge is 2.12. The molecule has 1 aromatic rings. The smallest absolute Gasteiger partial charge is 0.268 e. The van der Waals surface area contributed by atoms with Gasteiger partial charge in [0, 0.05) is 7.05 Å². The van der Waals surface area contributed by atoms with Crippen molar-refractivity contribution in [3.63, 3.8) is 0 Å². The van der Waals surface area contributed by atoms with Crippen LogP contribution in [0.4, 0.5) is 4.39 Å². The second kappa shape index (κ2) is 4.00. The number of hydrazine groups is 1. The summed E-state index contributed by atoms with van der Waals surface area (Å²) in [4.78, 5) is 11.3. The van der Waals surface area contributed by atoms with Crippen molar-refractivity contribution in [1.82, 2.24) is 10.9 Å². The van der Waals surface area contributed by atoms with Gasteiger partial charge in [0.25, 0.3) is 5.91 Å². The Labute approximate surface area is 75.9 Å². The lowest BCUT2D eigenvalue weighted by molar-refractivity contribution is 0.0933. The topological polar surface area (TPSA) is 41.1 Å². The van der Waals surface area contributed by atoms with Gasteiger partial charge in [-0.15, -0.1) is 0 Å². The van der Waals surface area contributed by atoms with Crippen LogP contribution in [0.1, 0.15) is 15.9 Å². The summed E-state index contributed by atoms with van der Waals surface area (Å²) in [5, 5.41) is 0. The molecule has 0 aliphatic heterocycles. The van der Waals surface area contributed by atoms with Crippen LogP contribution in [-0.4, -0.2) is 13.0 Å². The highest BCUT2D eigenvalue weighted by molar-refractivity contribution is 5.95. The molecule has 0 spiro atoms. The first-order valence-corrected chi connectivity index (χ1v) is 3.89. The Morgan fingerprint density at radius 2 is 2.15 bits per heavy atom. The zero-order valence-electron chi connectivity index (χ0n) is 7.52. The quantitative estimate of drug-likeness (QED) is 0.670. The summed E-state index contributed by atoms with van der Waals surface area (Å²) in [5.74, 6) is -0.967. The Balaban J connectivity index is 3.05. The molecule has 0 fully saturated rings. The molecular weight excluding hydrogens is 171 g/mol. The predicted octanol–water partition coefficient (Wildman–Crippen LogP) is 0.998. The predicted molar refractivity (Wildman–Crippen MR) is 47.7 cm³/mol. The average molecular weight is 182 g/mol. The van der Waals surface area contributed by atoms with E-state index in [1.165, 1.54) is 6.07 Å². The molecule has 13 heavy (non-hydrogen) atoms. The van der Waals surface area contributed by atoms with Crippen LogP contribution in [0, 0.1) is 12.7 Å². The van der Waals surface area contributed by atoms with Crippen molar-refractivity contribution >= 4 is 5.91 Å². The Morgan fingerprint density at radius 3 is 2.69 bits per heavy atom. The molecule has 3 nitrogen and oxygen atoms in total. The Kier molecular flexibility index (Phi) is 2.97. The first kappa shape index (κ1) is 9.67. The van der Waals surface area contributed by atoms with E-state index in [0.717, 1.165) is 0 Å². The first-order valence-electron chi connectivity index (χ1n) is 3.89. The highest BCUT2D eigenvalue weighted by atomic mass is 19.1. The minimum Gasteiger partial charge on any atom is -0.288 e. The van der Waals surface area contributed by atoms with Crippen LogP contribution in [0.5, 0.6) is 0 Å². The van der Waals surface area contributed by atoms with Crippen molar-refractivity contribution in [2.75, 3.05) is 7.05 Å². The minimum atomic E-state index is -0.507. The van der Waals surface area contributed by atoms with E-state index in [4.69, 9.17) is 0 Å². The number of hydrogen-bond acceptors (Lipinski definition) is 2. The maximum absolute atomic E-state index is 13.1. The van der Waals surface area contributed by atoms with Crippen molar-refractivity contribution < 1.29 is 9.18 Å². The maximum atomic E-state index is 13.1. The molecule has 1 rings (SSSR count). The maximum Gasteiger partial charge on any atom is 0.268 e. The molecule has 0 heterocycles. The largest absolute Gasteiger partial charge is 0.288 e. The van der Waals surface area contributed by atoms with E-state index in [2.05, 4.69) is 10.9 Å². The average Bonchev–Trinajstić information content (AvgIpc) is 2.04. The molecule has 0 saturated heterocycles. The molecule has 0 aliphatic carbocycles. The number of nitrogens with one attached hydrogen (secondary N) is 2. The Bertz CT molecular complexity index is 305. The molecule has 2 N–H and O–H groups in total. The summed E-state index contributed by atoms with van der Waals surface area (Å²) >= 11 is 0. The van der Waals surface area contributed by atoms with Crippen molar-refractivity contribution in [2.24, 2.45) is 0 Å². The van der Waals surface area contributed by atoms with E-state index in [9.17, 15) is 9.18 Å². The van der Waals surface area contributed by atoms with E-state index in [-0.39, 0.29) is 5.56 Å². The minimum absolute atomic E-state index is 0.0804. The fourth-order valence-corrected chi connectivity index (χ4v) is 1.10. The van der Waals surface area contributed by atoms with E-state index < -0.39 is 11.7 Å². The van der Waals surface area contributed by atoms with Crippen molar-refractivity contribution in [3.8, 4) is 0 Å². The molecule has 70 valence electrons. The number of hydrogen-bond donors (Lipinski definition) is 2. The van der Waals surface area contributed by atoms with Crippen molar-refractivity contribution in [1.29, 1.82) is 0 Å². The third-order valence-electron chi connectivity index (χ3n) is 1.69. The summed E-state index contributed by atoms with van der Waals surface area (Å²) in [6.45, 7) is 1.69. The number of benzene rings is 1. The summed E-state index contributed by atoms with van der Waals surface area (Å²) < 4.78 is 13.1. The monoisotopic (exact) mass is 182 g/mol. The zero-order chi connectivity index (χ0) is 9.84. The van der Waals surface area contributed by atoms with Gasteiger partial charge in [-0.25, -0.2) is 9.82 Å². The van der Waals surface area contributed by atoms with Crippen LogP contribution in [0.25, 0.3) is 0 Å². The van der Waals surface area contributed by atoms with Crippen LogP contribution in [0.2, 0.25) is 0 Å². The summed E-state index contributed by atoms with van der Waals surface area (Å²) in [7, 11) is 1.55. The van der Waals surface area contributed by atoms with Gasteiger partial charge in [-0.2, -0.15) is 0 Å². The SMILES string of the molecule is CNNC(=O)c1c(C)cccc1F. The number of aryl methyl sites for hydroxylation is 1. The van der Waals surface area contributed by atoms with Gasteiger partial charge in [0.1, 0.15) is 5.82 Å². The van der Waals surface area contributed by atoms with Gasteiger partial charge in [0.05, 0.1) is 5.56 Å². The van der Waals surface area contributed by atoms with Gasteiger partial charge >= 0.3 is 0 Å². The highest BCUT2D eigenvalue weighted by Crippen LogP contribution is 2.11. The third-order valence-corrected chi connectivity index (χ3v) is 1.69. The van der Waals surface area contributed by atoms with Crippen LogP contribution in [0.15, 0.2) is 18.2 Å². The van der Waals surface area contributed by atoms with E-state index in [1.807, 2.05) is 0 Å². The third kappa shape index (κ3) is 2.03. The van der Waals surface area contributed by atoms with Gasteiger partial charge in [0.2, 0.25) is 0 Å². The molecule has 0 aliphatic rings. The normalized spacial score (nSPS) is 9.77. The molecule has 0 saturated carbocycles. The molecule has 1 amide bonds. The van der Waals surface area contributed by atoms with Crippen molar-refractivity contribution in [2.45, 2.75) is 6.92 Å². The lowest BCUT2D eigenvalue weighted by atomic mass is 10.1. The van der Waals surface area contributed by atoms with Gasteiger partial charge < -0.3 is 0 Å². The molecule has 0 aromatic heterocycles. The molecule has 1 aromatic carbocycles. The van der Waals surface area contributed by atoms with Crippen LogP contribution in [-0.2, 0) is 0 Å². The van der Waals surface area contributed by atoms with Crippen LogP contribution in [0.3, 0.4) is 0 Å². The molecule has 0 unspecified atom stereocenters. The molecule has 0 radical (unpaired) electrons. The first-order chi connectivity index (χ1) is 6.16. The van der Waals surface area contributed by atoms with Gasteiger partial charge in [-0.3, -0.25) is 10.2 Å².